The van der Waals surface area contributed by atoms with Crippen LogP contribution in [0.5, 0.6) is 6.01 Å². The van der Waals surface area contributed by atoms with E-state index < -0.39 is 0 Å². The minimum absolute atomic E-state index is 0.248. The minimum Gasteiger partial charge on any atom is -0.462 e. The molecule has 164 valence electrons. The summed E-state index contributed by atoms with van der Waals surface area (Å²) in [4.78, 5) is 19.1. The zero-order valence-corrected chi connectivity index (χ0v) is 18.1. The van der Waals surface area contributed by atoms with Crippen molar-refractivity contribution in [2.75, 3.05) is 51.4 Å². The number of likely N-dealkylation sites (N-methyl/N-ethyl adjacent to an activating group) is 1. The lowest BCUT2D eigenvalue weighted by atomic mass is 10.0. The van der Waals surface area contributed by atoms with Gasteiger partial charge in [0.2, 0.25) is 5.95 Å². The lowest BCUT2D eigenvalue weighted by Crippen LogP contribution is -2.38. The number of hydrogen-bond donors (Lipinski definition) is 3. The highest BCUT2D eigenvalue weighted by Gasteiger charge is 2.21. The van der Waals surface area contributed by atoms with Crippen LogP contribution in [0.25, 0.3) is 10.9 Å². The molecule has 0 amide bonds. The maximum absolute atomic E-state index is 5.82. The monoisotopic (exact) mass is 424 g/mol. The van der Waals surface area contributed by atoms with Crippen LogP contribution >= 0.6 is 0 Å². The summed E-state index contributed by atoms with van der Waals surface area (Å²) >= 11 is 0. The summed E-state index contributed by atoms with van der Waals surface area (Å²) in [6, 6.07) is 6.28. The molecule has 3 heterocycles. The van der Waals surface area contributed by atoms with Crippen molar-refractivity contribution in [2.24, 2.45) is 10.9 Å². The van der Waals surface area contributed by atoms with Crippen LogP contribution in [-0.2, 0) is 4.74 Å². The molecule has 4 rings (SSSR count). The number of nitrogens with one attached hydrogen (secondary N) is 2. The van der Waals surface area contributed by atoms with Crippen molar-refractivity contribution in [1.29, 1.82) is 0 Å². The number of ether oxygens (including phenoxy) is 2. The summed E-state index contributed by atoms with van der Waals surface area (Å²) in [5.41, 5.74) is 4.70. The summed E-state index contributed by atoms with van der Waals surface area (Å²) < 4.78 is 11.2. The van der Waals surface area contributed by atoms with E-state index in [4.69, 9.17) is 15.3 Å². The van der Waals surface area contributed by atoms with Gasteiger partial charge in [0.1, 0.15) is 12.3 Å². The Labute approximate surface area is 180 Å². The van der Waals surface area contributed by atoms with Gasteiger partial charge in [-0.15, -0.1) is 0 Å². The number of aromatic amines is 1. The van der Waals surface area contributed by atoms with E-state index in [2.05, 4.69) is 55.2 Å². The van der Waals surface area contributed by atoms with Gasteiger partial charge in [-0.25, -0.2) is 0 Å². The Kier molecular flexibility index (Phi) is 6.28. The molecular weight excluding hydrogens is 396 g/mol. The highest BCUT2D eigenvalue weighted by Crippen LogP contribution is 2.24. The summed E-state index contributed by atoms with van der Waals surface area (Å²) in [5.74, 6) is 6.73. The molecule has 0 spiro atoms. The molecule has 3 aromatic rings. The van der Waals surface area contributed by atoms with Crippen LogP contribution in [0.4, 0.5) is 5.95 Å². The average molecular weight is 425 g/mol. The first-order valence-corrected chi connectivity index (χ1v) is 10.3. The summed E-state index contributed by atoms with van der Waals surface area (Å²) in [7, 11) is 1.86. The molecule has 10 nitrogen and oxygen atoms in total. The number of H-pyrrole nitrogens is 1. The van der Waals surface area contributed by atoms with Crippen molar-refractivity contribution in [2.45, 2.75) is 13.8 Å². The molecule has 0 atom stereocenters. The number of rotatable bonds is 7. The van der Waals surface area contributed by atoms with Crippen molar-refractivity contribution in [3.8, 4) is 6.01 Å². The van der Waals surface area contributed by atoms with Gasteiger partial charge in [-0.3, -0.25) is 0 Å². The van der Waals surface area contributed by atoms with E-state index in [0.29, 0.717) is 56.9 Å². The van der Waals surface area contributed by atoms with Crippen LogP contribution in [0.2, 0.25) is 0 Å². The number of benzene rings is 1. The molecule has 0 saturated carbocycles. The summed E-state index contributed by atoms with van der Waals surface area (Å²) in [5, 5.41) is 8.20. The lowest BCUT2D eigenvalue weighted by Gasteiger charge is -2.27. The first kappa shape index (κ1) is 21.0. The molecule has 0 aliphatic carbocycles. The van der Waals surface area contributed by atoms with E-state index in [-0.39, 0.29) is 6.01 Å². The number of aryl methyl sites for hydroxylation is 2. The van der Waals surface area contributed by atoms with Crippen LogP contribution in [0.3, 0.4) is 0 Å². The van der Waals surface area contributed by atoms with Crippen LogP contribution in [0, 0.1) is 13.8 Å². The maximum Gasteiger partial charge on any atom is 0.321 e. The molecule has 2 aromatic heterocycles. The highest BCUT2D eigenvalue weighted by molar-refractivity contribution is 6.12. The Bertz CT molecular complexity index is 1090. The van der Waals surface area contributed by atoms with E-state index in [9.17, 15) is 0 Å². The number of aromatic nitrogens is 4. The van der Waals surface area contributed by atoms with Gasteiger partial charge in [0.25, 0.3) is 0 Å². The predicted molar refractivity (Wildman–Crippen MR) is 120 cm³/mol. The smallest absolute Gasteiger partial charge is 0.321 e. The molecule has 0 unspecified atom stereocenters. The van der Waals surface area contributed by atoms with E-state index >= 15 is 0 Å². The fourth-order valence-corrected chi connectivity index (χ4v) is 3.54. The fourth-order valence-electron chi connectivity index (χ4n) is 3.54. The molecule has 10 heteroatoms. The third-order valence-corrected chi connectivity index (χ3v) is 5.40. The summed E-state index contributed by atoms with van der Waals surface area (Å²) in [6.45, 7) is 7.90. The van der Waals surface area contributed by atoms with Gasteiger partial charge < -0.3 is 30.5 Å². The first-order valence-electron chi connectivity index (χ1n) is 10.3. The second-order valence-corrected chi connectivity index (χ2v) is 7.41. The number of anilines is 1. The largest absolute Gasteiger partial charge is 0.462 e. The average Bonchev–Trinajstić information content (AvgIpc) is 3.08. The molecule has 1 fully saturated rings. The number of hydrogen-bond acceptors (Lipinski definition) is 9. The van der Waals surface area contributed by atoms with Gasteiger partial charge in [0.05, 0.1) is 13.2 Å². The highest BCUT2D eigenvalue weighted by atomic mass is 16.5. The lowest BCUT2D eigenvalue weighted by molar-refractivity contribution is 0.122. The third kappa shape index (κ3) is 4.44. The molecular formula is C21H28N8O2. The Morgan fingerprint density at radius 2 is 2.06 bits per heavy atom. The number of fused-ring (bicyclic) bond motifs is 1. The minimum atomic E-state index is 0.248. The Hall–Kier alpha value is -3.24. The molecule has 1 aliphatic rings. The predicted octanol–water partition coefficient (Wildman–Crippen LogP) is 1.12. The van der Waals surface area contributed by atoms with Gasteiger partial charge >= 0.3 is 6.01 Å². The van der Waals surface area contributed by atoms with Crippen LogP contribution in [-0.4, -0.2) is 72.2 Å². The number of nitrogens with two attached hydrogens (primary N) is 1. The quantitative estimate of drug-likeness (QED) is 0.223. The maximum atomic E-state index is 5.82. The van der Waals surface area contributed by atoms with Crippen molar-refractivity contribution >= 4 is 22.6 Å². The summed E-state index contributed by atoms with van der Waals surface area (Å²) in [6.07, 6.45) is 0. The van der Waals surface area contributed by atoms with Crippen molar-refractivity contribution in [3.63, 3.8) is 0 Å². The van der Waals surface area contributed by atoms with Crippen molar-refractivity contribution in [1.82, 2.24) is 25.3 Å². The van der Waals surface area contributed by atoms with Gasteiger partial charge in [-0.1, -0.05) is 6.07 Å². The molecule has 1 aliphatic heterocycles. The molecule has 0 bridgehead atoms. The SMILES string of the molecule is CNCCOc1nc(C(=NN)c2ccc3[nH]c(C)c(C)c3c2)nc(N2CCOCC2)n1. The van der Waals surface area contributed by atoms with Crippen LogP contribution < -0.4 is 20.8 Å². The Balaban J connectivity index is 1.74. The number of nitrogens with zero attached hydrogens (tertiary/aromatic N) is 5. The molecule has 1 saturated heterocycles. The number of morpholine rings is 1. The first-order chi connectivity index (χ1) is 15.1. The third-order valence-electron chi connectivity index (χ3n) is 5.40. The Morgan fingerprint density at radius 3 is 2.81 bits per heavy atom. The van der Waals surface area contributed by atoms with Crippen LogP contribution in [0.15, 0.2) is 23.3 Å². The van der Waals surface area contributed by atoms with Crippen LogP contribution in [0.1, 0.15) is 22.6 Å². The second-order valence-electron chi connectivity index (χ2n) is 7.41. The zero-order valence-electron chi connectivity index (χ0n) is 18.1. The van der Waals surface area contributed by atoms with Gasteiger partial charge in [-0.2, -0.15) is 20.1 Å². The normalized spacial score (nSPS) is 14.9. The Morgan fingerprint density at radius 1 is 1.26 bits per heavy atom. The van der Waals surface area contributed by atoms with Gasteiger partial charge in [0.15, 0.2) is 5.82 Å². The number of hydrazone groups is 1. The van der Waals surface area contributed by atoms with Crippen molar-refractivity contribution < 1.29 is 9.47 Å². The molecule has 0 radical (unpaired) electrons. The van der Waals surface area contributed by atoms with E-state index in [0.717, 1.165) is 22.2 Å². The molecule has 4 N–H and O–H groups in total. The van der Waals surface area contributed by atoms with Gasteiger partial charge in [-0.05, 0) is 38.6 Å². The van der Waals surface area contributed by atoms with E-state index in [1.807, 2.05) is 19.2 Å². The van der Waals surface area contributed by atoms with E-state index in [1.165, 1.54) is 5.56 Å². The standard InChI is InChI=1S/C21H28N8O2/c1-13-14(2)24-17-5-4-15(12-16(13)17)18(28-22)19-25-20(29-7-10-30-11-8-29)27-21(26-19)31-9-6-23-3/h4-5,12,23-24H,6-11,22H2,1-3H3. The molecule has 1 aromatic carbocycles. The topological polar surface area (TPSA) is 127 Å². The van der Waals surface area contributed by atoms with Gasteiger partial charge in [0, 0.05) is 41.8 Å². The van der Waals surface area contributed by atoms with Crippen molar-refractivity contribution in [3.05, 3.63) is 40.8 Å². The zero-order chi connectivity index (χ0) is 21.8. The second kappa shape index (κ2) is 9.27. The molecule has 31 heavy (non-hydrogen) atoms. The fraction of sp³-hybridized carbons (Fsp3) is 0.429. The van der Waals surface area contributed by atoms with E-state index in [1.54, 1.807) is 0 Å².